The highest BCUT2D eigenvalue weighted by Gasteiger charge is 2.32. The summed E-state index contributed by atoms with van der Waals surface area (Å²) in [6.07, 6.45) is 3.87. The Morgan fingerprint density at radius 1 is 1.65 bits per heavy atom. The van der Waals surface area contributed by atoms with Crippen LogP contribution in [0.4, 0.5) is 0 Å². The van der Waals surface area contributed by atoms with Gasteiger partial charge in [0.05, 0.1) is 6.33 Å². The number of nitrogens with zero attached hydrogens (tertiary/aromatic N) is 3. The third-order valence-corrected chi connectivity index (χ3v) is 2.90. The van der Waals surface area contributed by atoms with Crippen molar-refractivity contribution in [2.24, 2.45) is 7.05 Å². The molecule has 0 saturated carbocycles. The lowest BCUT2D eigenvalue weighted by Crippen LogP contribution is -2.56. The summed E-state index contributed by atoms with van der Waals surface area (Å²) in [6.45, 7) is 2.95. The van der Waals surface area contributed by atoms with Crippen molar-refractivity contribution in [3.05, 3.63) is 18.2 Å². The first-order chi connectivity index (χ1) is 8.13. The van der Waals surface area contributed by atoms with Crippen LogP contribution in [0.1, 0.15) is 23.8 Å². The van der Waals surface area contributed by atoms with E-state index in [0.717, 1.165) is 0 Å². The molecular formula is C11H16N4O2. The molecular weight excluding hydrogens is 220 g/mol. The van der Waals surface area contributed by atoms with E-state index in [9.17, 15) is 9.59 Å². The minimum atomic E-state index is -0.377. The van der Waals surface area contributed by atoms with Crippen molar-refractivity contribution in [3.8, 4) is 0 Å². The second-order valence-electron chi connectivity index (χ2n) is 4.14. The highest BCUT2D eigenvalue weighted by molar-refractivity contribution is 5.96. The summed E-state index contributed by atoms with van der Waals surface area (Å²) in [5.74, 6) is -0.254. The molecule has 6 heteroatoms. The largest absolute Gasteiger partial charge is 0.353 e. The summed E-state index contributed by atoms with van der Waals surface area (Å²) >= 11 is 0. The number of aromatic nitrogens is 2. The van der Waals surface area contributed by atoms with Crippen LogP contribution in [0.5, 0.6) is 0 Å². The van der Waals surface area contributed by atoms with Crippen LogP contribution in [0.25, 0.3) is 0 Å². The van der Waals surface area contributed by atoms with Gasteiger partial charge >= 0.3 is 0 Å². The molecule has 1 atom stereocenters. The van der Waals surface area contributed by atoms with Gasteiger partial charge in [-0.05, 0) is 6.42 Å². The molecule has 1 aromatic heterocycles. The van der Waals surface area contributed by atoms with E-state index < -0.39 is 0 Å². The highest BCUT2D eigenvalue weighted by atomic mass is 16.2. The molecule has 1 unspecified atom stereocenters. The maximum absolute atomic E-state index is 12.2. The fourth-order valence-corrected chi connectivity index (χ4v) is 2.03. The van der Waals surface area contributed by atoms with Gasteiger partial charge in [-0.15, -0.1) is 0 Å². The predicted molar refractivity (Wildman–Crippen MR) is 61.3 cm³/mol. The van der Waals surface area contributed by atoms with Crippen molar-refractivity contribution in [3.63, 3.8) is 0 Å². The molecule has 1 aliphatic rings. The average Bonchev–Trinajstić information content (AvgIpc) is 2.74. The van der Waals surface area contributed by atoms with Crippen LogP contribution in [-0.2, 0) is 11.8 Å². The van der Waals surface area contributed by atoms with Crippen molar-refractivity contribution in [2.45, 2.75) is 19.4 Å². The number of piperazine rings is 1. The van der Waals surface area contributed by atoms with Gasteiger partial charge in [-0.1, -0.05) is 6.92 Å². The van der Waals surface area contributed by atoms with E-state index in [-0.39, 0.29) is 17.9 Å². The SMILES string of the molecule is CCC1C(=O)NCCN1C(=O)c1cn(C)cn1. The zero-order valence-electron chi connectivity index (χ0n) is 10.0. The summed E-state index contributed by atoms with van der Waals surface area (Å²) in [5.41, 5.74) is 0.389. The molecule has 0 aliphatic carbocycles. The molecule has 1 saturated heterocycles. The highest BCUT2D eigenvalue weighted by Crippen LogP contribution is 2.12. The van der Waals surface area contributed by atoms with Crippen molar-refractivity contribution in [2.75, 3.05) is 13.1 Å². The number of imidazole rings is 1. The number of hydrogen-bond acceptors (Lipinski definition) is 3. The van der Waals surface area contributed by atoms with Crippen LogP contribution in [0.3, 0.4) is 0 Å². The van der Waals surface area contributed by atoms with Crippen molar-refractivity contribution < 1.29 is 9.59 Å². The molecule has 6 nitrogen and oxygen atoms in total. The summed E-state index contributed by atoms with van der Waals surface area (Å²) < 4.78 is 1.72. The Morgan fingerprint density at radius 2 is 2.41 bits per heavy atom. The molecule has 0 spiro atoms. The number of aryl methyl sites for hydroxylation is 1. The van der Waals surface area contributed by atoms with Crippen LogP contribution < -0.4 is 5.32 Å². The van der Waals surface area contributed by atoms with Gasteiger partial charge in [0.2, 0.25) is 5.91 Å². The molecule has 1 aliphatic heterocycles. The molecule has 1 fully saturated rings. The topological polar surface area (TPSA) is 67.2 Å². The van der Waals surface area contributed by atoms with E-state index in [1.807, 2.05) is 14.0 Å². The fraction of sp³-hybridized carbons (Fsp3) is 0.545. The zero-order chi connectivity index (χ0) is 12.4. The number of nitrogens with one attached hydrogen (secondary N) is 1. The molecule has 0 radical (unpaired) electrons. The Morgan fingerprint density at radius 3 is 3.00 bits per heavy atom. The second kappa shape index (κ2) is 4.57. The smallest absolute Gasteiger partial charge is 0.274 e. The van der Waals surface area contributed by atoms with Gasteiger partial charge in [0, 0.05) is 26.3 Å². The van der Waals surface area contributed by atoms with Crippen LogP contribution in [0.2, 0.25) is 0 Å². The monoisotopic (exact) mass is 236 g/mol. The van der Waals surface area contributed by atoms with E-state index in [1.165, 1.54) is 0 Å². The lowest BCUT2D eigenvalue weighted by Gasteiger charge is -2.33. The van der Waals surface area contributed by atoms with E-state index in [1.54, 1.807) is 22.0 Å². The maximum atomic E-state index is 12.2. The lowest BCUT2D eigenvalue weighted by molar-refractivity contribution is -0.127. The third-order valence-electron chi connectivity index (χ3n) is 2.90. The fourth-order valence-electron chi connectivity index (χ4n) is 2.03. The zero-order valence-corrected chi connectivity index (χ0v) is 10.0. The molecule has 0 aromatic carbocycles. The van der Waals surface area contributed by atoms with Crippen molar-refractivity contribution in [1.29, 1.82) is 0 Å². The van der Waals surface area contributed by atoms with E-state index in [4.69, 9.17) is 0 Å². The number of hydrogen-bond donors (Lipinski definition) is 1. The van der Waals surface area contributed by atoms with Crippen molar-refractivity contribution in [1.82, 2.24) is 19.8 Å². The van der Waals surface area contributed by atoms with Crippen LogP contribution in [0, 0.1) is 0 Å². The Bertz CT molecular complexity index is 440. The summed E-state index contributed by atoms with van der Waals surface area (Å²) in [7, 11) is 1.81. The minimum Gasteiger partial charge on any atom is -0.353 e. The average molecular weight is 236 g/mol. The predicted octanol–water partition coefficient (Wildman–Crippen LogP) is -0.229. The molecule has 17 heavy (non-hydrogen) atoms. The number of carbonyl (C=O) groups excluding carboxylic acids is 2. The molecule has 2 heterocycles. The molecule has 0 bridgehead atoms. The van der Waals surface area contributed by atoms with Gasteiger partial charge in [-0.2, -0.15) is 0 Å². The minimum absolute atomic E-state index is 0.0805. The van der Waals surface area contributed by atoms with E-state index >= 15 is 0 Å². The maximum Gasteiger partial charge on any atom is 0.274 e. The standard InChI is InChI=1S/C11H16N4O2/c1-3-9-10(16)12-4-5-15(9)11(17)8-6-14(2)7-13-8/h6-7,9H,3-5H2,1-2H3,(H,12,16). The van der Waals surface area contributed by atoms with Gasteiger partial charge in [0.1, 0.15) is 11.7 Å². The van der Waals surface area contributed by atoms with E-state index in [0.29, 0.717) is 25.2 Å². The van der Waals surface area contributed by atoms with Crippen molar-refractivity contribution >= 4 is 11.8 Å². The number of rotatable bonds is 2. The summed E-state index contributed by atoms with van der Waals surface area (Å²) in [6, 6.07) is -0.377. The van der Waals surface area contributed by atoms with Crippen LogP contribution in [-0.4, -0.2) is 45.4 Å². The van der Waals surface area contributed by atoms with Gasteiger partial charge in [0.25, 0.3) is 5.91 Å². The van der Waals surface area contributed by atoms with Gasteiger partial charge in [-0.3, -0.25) is 9.59 Å². The van der Waals surface area contributed by atoms with E-state index in [2.05, 4.69) is 10.3 Å². The Labute approximate surface area is 99.6 Å². The first-order valence-electron chi connectivity index (χ1n) is 5.70. The Kier molecular flexibility index (Phi) is 3.12. The Balaban J connectivity index is 2.20. The Hall–Kier alpha value is -1.85. The first-order valence-corrected chi connectivity index (χ1v) is 5.70. The van der Waals surface area contributed by atoms with Gasteiger partial charge in [0.15, 0.2) is 0 Å². The quantitative estimate of drug-likeness (QED) is 0.771. The molecule has 2 amide bonds. The van der Waals surface area contributed by atoms with Gasteiger partial charge < -0.3 is 14.8 Å². The number of carbonyl (C=O) groups is 2. The molecule has 1 aromatic rings. The summed E-state index contributed by atoms with van der Waals surface area (Å²) in [4.78, 5) is 29.5. The molecule has 92 valence electrons. The lowest BCUT2D eigenvalue weighted by atomic mass is 10.1. The second-order valence-corrected chi connectivity index (χ2v) is 4.14. The summed E-state index contributed by atoms with van der Waals surface area (Å²) in [5, 5.41) is 2.77. The van der Waals surface area contributed by atoms with Crippen LogP contribution >= 0.6 is 0 Å². The normalized spacial score (nSPS) is 20.2. The number of amides is 2. The first kappa shape index (κ1) is 11.6. The third kappa shape index (κ3) is 2.15. The molecule has 1 N–H and O–H groups in total. The van der Waals surface area contributed by atoms with Crippen LogP contribution in [0.15, 0.2) is 12.5 Å². The molecule has 2 rings (SSSR count). The van der Waals surface area contributed by atoms with Gasteiger partial charge in [-0.25, -0.2) is 4.98 Å².